The number of methoxy groups -OCH3 is 1. The lowest BCUT2D eigenvalue weighted by atomic mass is 11.0. The summed E-state index contributed by atoms with van der Waals surface area (Å²) in [6.07, 6.45) is -0.764. The van der Waals surface area contributed by atoms with Crippen LogP contribution in [0.15, 0.2) is 5.29 Å². The van der Waals surface area contributed by atoms with Gasteiger partial charge in [0, 0.05) is 7.05 Å². The van der Waals surface area contributed by atoms with Crippen LogP contribution in [0.25, 0.3) is 0 Å². The number of carbonyl (C=O) groups excluding carboxylic acids is 1. The first-order chi connectivity index (χ1) is 3.72. The summed E-state index contributed by atoms with van der Waals surface area (Å²) in [5.74, 6) is 0. The molecule has 8 heavy (non-hydrogen) atoms. The second kappa shape index (κ2) is 2.95. The molecule has 0 aromatic carbocycles. The van der Waals surface area contributed by atoms with Gasteiger partial charge >= 0.3 is 6.09 Å². The number of nitroso groups, excluding NO2 is 1. The molecule has 0 unspecified atom stereocenters. The van der Waals surface area contributed by atoms with Gasteiger partial charge in [0.2, 0.25) is 0 Å². The zero-order chi connectivity index (χ0) is 6.57. The summed E-state index contributed by atoms with van der Waals surface area (Å²) < 4.78 is 4.10. The van der Waals surface area contributed by atoms with Crippen LogP contribution in [0.3, 0.4) is 0 Å². The molecule has 0 rings (SSSR count). The predicted octanol–water partition coefficient (Wildman–Crippen LogP) is 0.366. The molecular weight excluding hydrogens is 112 g/mol. The molecule has 0 aliphatic rings. The van der Waals surface area contributed by atoms with Crippen LogP contribution < -0.4 is 0 Å². The van der Waals surface area contributed by atoms with Gasteiger partial charge in [-0.3, -0.25) is 0 Å². The van der Waals surface area contributed by atoms with Crippen LogP contribution in [-0.4, -0.2) is 25.3 Å². The highest BCUT2D eigenvalue weighted by molar-refractivity contribution is 5.66. The lowest BCUT2D eigenvalue weighted by Crippen LogP contribution is -2.19. The first kappa shape index (κ1) is 6.87. The van der Waals surface area contributed by atoms with Crippen molar-refractivity contribution < 1.29 is 9.53 Å². The molecule has 0 aromatic heterocycles. The number of ether oxygens (including phenoxy) is 1. The predicted molar refractivity (Wildman–Crippen MR) is 26.0 cm³/mol. The van der Waals surface area contributed by atoms with E-state index in [1.54, 1.807) is 0 Å². The van der Waals surface area contributed by atoms with E-state index in [4.69, 9.17) is 0 Å². The molecule has 0 bridgehead atoms. The van der Waals surface area contributed by atoms with Crippen molar-refractivity contribution in [3.05, 3.63) is 4.91 Å². The molecule has 1 amide bonds. The number of hydrogen-bond acceptors (Lipinski definition) is 4. The van der Waals surface area contributed by atoms with Gasteiger partial charge in [-0.2, -0.15) is 5.01 Å². The Hall–Kier alpha value is -1.13. The van der Waals surface area contributed by atoms with Gasteiger partial charge in [-0.05, 0) is 0 Å². The SMILES string of the molecule is COC(=O)N(C)N=O. The zero-order valence-corrected chi connectivity index (χ0v) is 4.62. The number of amides is 1. The van der Waals surface area contributed by atoms with E-state index in [9.17, 15) is 9.70 Å². The lowest BCUT2D eigenvalue weighted by Gasteiger charge is -2.01. The standard InChI is InChI=1S/C3H6N2O3/c1-5(4-7)3(6)8-2/h1-2H3. The maximum absolute atomic E-state index is 10.2. The molecule has 0 atom stereocenters. The van der Waals surface area contributed by atoms with Gasteiger partial charge in [-0.1, -0.05) is 0 Å². The van der Waals surface area contributed by atoms with Gasteiger partial charge in [0.15, 0.2) is 0 Å². The Morgan fingerprint density at radius 1 is 1.75 bits per heavy atom. The molecule has 5 nitrogen and oxygen atoms in total. The maximum Gasteiger partial charge on any atom is 0.432 e. The average Bonchev–Trinajstić information content (AvgIpc) is 1.84. The van der Waals surface area contributed by atoms with Gasteiger partial charge in [0.1, 0.15) is 0 Å². The van der Waals surface area contributed by atoms with Crippen molar-refractivity contribution in [1.82, 2.24) is 5.01 Å². The van der Waals surface area contributed by atoms with Crippen LogP contribution in [0.4, 0.5) is 4.79 Å². The van der Waals surface area contributed by atoms with Crippen LogP contribution in [0.1, 0.15) is 0 Å². The zero-order valence-electron chi connectivity index (χ0n) is 4.62. The van der Waals surface area contributed by atoms with E-state index in [1.165, 1.54) is 14.2 Å². The molecule has 0 aliphatic heterocycles. The lowest BCUT2D eigenvalue weighted by molar-refractivity contribution is 0.134. The summed E-state index contributed by atoms with van der Waals surface area (Å²) in [7, 11) is 2.38. The molecule has 0 N–H and O–H groups in total. The van der Waals surface area contributed by atoms with Crippen molar-refractivity contribution in [3.8, 4) is 0 Å². The van der Waals surface area contributed by atoms with Crippen molar-refractivity contribution >= 4 is 6.09 Å². The fraction of sp³-hybridized carbons (Fsp3) is 0.667. The first-order valence-electron chi connectivity index (χ1n) is 1.87. The third-order valence-corrected chi connectivity index (χ3v) is 0.561. The fourth-order valence-corrected chi connectivity index (χ4v) is 0.165. The summed E-state index contributed by atoms with van der Waals surface area (Å²) in [5.41, 5.74) is 0. The second-order valence-electron chi connectivity index (χ2n) is 1.08. The highest BCUT2D eigenvalue weighted by Crippen LogP contribution is 1.85. The number of nitrogens with zero attached hydrogens (tertiary/aromatic N) is 2. The Bertz CT molecular complexity index is 103. The molecule has 5 heteroatoms. The fourth-order valence-electron chi connectivity index (χ4n) is 0.165. The molecule has 0 saturated carbocycles. The van der Waals surface area contributed by atoms with Crippen LogP contribution >= 0.6 is 0 Å². The van der Waals surface area contributed by atoms with Gasteiger partial charge in [-0.25, -0.2) is 4.79 Å². The van der Waals surface area contributed by atoms with Crippen LogP contribution in [-0.2, 0) is 4.74 Å². The molecule has 0 spiro atoms. The molecule has 0 fully saturated rings. The van der Waals surface area contributed by atoms with E-state index in [1.807, 2.05) is 0 Å². The highest BCUT2D eigenvalue weighted by Gasteiger charge is 2.04. The van der Waals surface area contributed by atoms with E-state index in [0.29, 0.717) is 5.01 Å². The van der Waals surface area contributed by atoms with E-state index in [-0.39, 0.29) is 0 Å². The van der Waals surface area contributed by atoms with E-state index < -0.39 is 6.09 Å². The minimum atomic E-state index is -0.764. The Balaban J connectivity index is 3.62. The number of hydrogen-bond donors (Lipinski definition) is 0. The number of carbonyl (C=O) groups is 1. The Kier molecular flexibility index (Phi) is 2.53. The third kappa shape index (κ3) is 1.55. The van der Waals surface area contributed by atoms with Crippen molar-refractivity contribution in [1.29, 1.82) is 0 Å². The highest BCUT2D eigenvalue weighted by atomic mass is 16.6. The van der Waals surface area contributed by atoms with Gasteiger partial charge in [0.05, 0.1) is 12.4 Å². The van der Waals surface area contributed by atoms with Crippen LogP contribution in [0.2, 0.25) is 0 Å². The molecule has 46 valence electrons. The van der Waals surface area contributed by atoms with E-state index in [0.717, 1.165) is 0 Å². The van der Waals surface area contributed by atoms with Crippen molar-refractivity contribution in [2.24, 2.45) is 5.29 Å². The Labute approximate surface area is 46.2 Å². The van der Waals surface area contributed by atoms with E-state index >= 15 is 0 Å². The smallest absolute Gasteiger partial charge is 0.432 e. The van der Waals surface area contributed by atoms with Crippen LogP contribution in [0, 0.1) is 4.91 Å². The summed E-state index contributed by atoms with van der Waals surface area (Å²) in [6, 6.07) is 0. The largest absolute Gasteiger partial charge is 0.451 e. The molecule has 0 saturated heterocycles. The normalized spacial score (nSPS) is 7.75. The van der Waals surface area contributed by atoms with Gasteiger partial charge < -0.3 is 4.74 Å². The van der Waals surface area contributed by atoms with E-state index in [2.05, 4.69) is 10.0 Å². The Morgan fingerprint density at radius 3 is 2.38 bits per heavy atom. The van der Waals surface area contributed by atoms with Crippen molar-refractivity contribution in [2.45, 2.75) is 0 Å². The molecular formula is C3H6N2O3. The first-order valence-corrected chi connectivity index (χ1v) is 1.87. The van der Waals surface area contributed by atoms with Gasteiger partial charge in [-0.15, -0.1) is 4.91 Å². The third-order valence-electron chi connectivity index (χ3n) is 0.561. The minimum Gasteiger partial charge on any atom is -0.451 e. The summed E-state index contributed by atoms with van der Waals surface area (Å²) in [4.78, 5) is 19.6. The van der Waals surface area contributed by atoms with Gasteiger partial charge in [0.25, 0.3) is 0 Å². The summed E-state index contributed by atoms with van der Waals surface area (Å²) in [5, 5.41) is 2.82. The number of rotatable bonds is 1. The summed E-state index contributed by atoms with van der Waals surface area (Å²) >= 11 is 0. The summed E-state index contributed by atoms with van der Waals surface area (Å²) in [6.45, 7) is 0. The molecule has 0 aromatic rings. The van der Waals surface area contributed by atoms with Crippen molar-refractivity contribution in [2.75, 3.05) is 14.2 Å². The maximum atomic E-state index is 10.2. The molecule has 0 radical (unpaired) electrons. The van der Waals surface area contributed by atoms with Crippen molar-refractivity contribution in [3.63, 3.8) is 0 Å². The monoisotopic (exact) mass is 118 g/mol. The van der Waals surface area contributed by atoms with Crippen LogP contribution in [0.5, 0.6) is 0 Å². The molecule has 0 heterocycles. The second-order valence-corrected chi connectivity index (χ2v) is 1.08. The average molecular weight is 118 g/mol. The quantitative estimate of drug-likeness (QED) is 0.369. The minimum absolute atomic E-state index is 0.556. The Morgan fingerprint density at radius 2 is 2.25 bits per heavy atom. The molecule has 0 aliphatic carbocycles. The topological polar surface area (TPSA) is 59.0 Å².